The van der Waals surface area contributed by atoms with Crippen LogP contribution in [-0.4, -0.2) is 61.1 Å². The Kier molecular flexibility index (Phi) is 6.49. The number of carbonyl (C=O) groups excluding carboxylic acids is 2. The second-order valence-electron chi connectivity index (χ2n) is 9.31. The molecular formula is C24H23F4N7O3. The van der Waals surface area contributed by atoms with Gasteiger partial charge in [-0.2, -0.15) is 18.3 Å². The van der Waals surface area contributed by atoms with E-state index in [2.05, 4.69) is 30.5 Å². The van der Waals surface area contributed by atoms with Crippen LogP contribution in [0.4, 0.5) is 17.6 Å². The number of amides is 2. The highest BCUT2D eigenvalue weighted by Crippen LogP contribution is 2.50. The molecule has 200 valence electrons. The minimum absolute atomic E-state index is 0.103. The number of nitrogens with one attached hydrogen (secondary N) is 2. The molecule has 1 aliphatic carbocycles. The molecule has 1 saturated carbocycles. The van der Waals surface area contributed by atoms with Crippen molar-refractivity contribution in [3.05, 3.63) is 53.6 Å². The van der Waals surface area contributed by atoms with E-state index in [0.29, 0.717) is 25.7 Å². The Morgan fingerprint density at radius 1 is 1.21 bits per heavy atom. The number of alkyl halides is 3. The summed E-state index contributed by atoms with van der Waals surface area (Å²) < 4.78 is 58.8. The smallest absolute Gasteiger partial charge is 0.435 e. The molecule has 2 N–H and O–H groups in total. The van der Waals surface area contributed by atoms with Gasteiger partial charge in [0.25, 0.3) is 5.91 Å². The van der Waals surface area contributed by atoms with E-state index in [9.17, 15) is 27.2 Å². The van der Waals surface area contributed by atoms with E-state index < -0.39 is 41.6 Å². The van der Waals surface area contributed by atoms with Gasteiger partial charge >= 0.3 is 6.18 Å². The van der Waals surface area contributed by atoms with E-state index >= 15 is 0 Å². The lowest BCUT2D eigenvalue weighted by atomic mass is 9.88. The maximum Gasteiger partial charge on any atom is 0.435 e. The Labute approximate surface area is 213 Å². The van der Waals surface area contributed by atoms with Crippen LogP contribution in [0.1, 0.15) is 47.6 Å². The SMILES string of the molecule is COc1cc(-c2cc(C(=O)N3CCC(C(=O)NCc4nccnc4C(F)(F)F)CC34CC4)n[nH]2)c(F)cn1. The first-order valence-electron chi connectivity index (χ1n) is 11.8. The Balaban J connectivity index is 1.24. The van der Waals surface area contributed by atoms with Gasteiger partial charge in [-0.25, -0.2) is 14.4 Å². The average molecular weight is 533 g/mol. The number of rotatable bonds is 6. The fraction of sp³-hybridized carbons (Fsp3) is 0.417. The van der Waals surface area contributed by atoms with E-state index in [1.165, 1.54) is 19.2 Å². The molecule has 1 unspecified atom stereocenters. The Morgan fingerprint density at radius 3 is 2.68 bits per heavy atom. The fourth-order valence-electron chi connectivity index (χ4n) is 4.85. The Hall–Kier alpha value is -4.10. The highest BCUT2D eigenvalue weighted by atomic mass is 19.4. The van der Waals surface area contributed by atoms with Crippen LogP contribution in [0.2, 0.25) is 0 Å². The summed E-state index contributed by atoms with van der Waals surface area (Å²) in [6, 6.07) is 2.84. The molecule has 3 aromatic rings. The summed E-state index contributed by atoms with van der Waals surface area (Å²) in [4.78, 5) is 38.7. The van der Waals surface area contributed by atoms with Gasteiger partial charge < -0.3 is 15.0 Å². The summed E-state index contributed by atoms with van der Waals surface area (Å²) >= 11 is 0. The van der Waals surface area contributed by atoms with Gasteiger partial charge in [0.15, 0.2) is 17.2 Å². The van der Waals surface area contributed by atoms with Crippen LogP contribution in [0.15, 0.2) is 30.7 Å². The molecule has 10 nitrogen and oxygen atoms in total. The number of hydrogen-bond donors (Lipinski definition) is 2. The molecule has 38 heavy (non-hydrogen) atoms. The summed E-state index contributed by atoms with van der Waals surface area (Å²) in [6.45, 7) is -0.129. The van der Waals surface area contributed by atoms with Crippen molar-refractivity contribution >= 4 is 11.8 Å². The van der Waals surface area contributed by atoms with Crippen molar-refractivity contribution in [2.45, 2.75) is 43.9 Å². The molecule has 1 saturated heterocycles. The maximum absolute atomic E-state index is 14.3. The van der Waals surface area contributed by atoms with Gasteiger partial charge in [0.1, 0.15) is 0 Å². The highest BCUT2D eigenvalue weighted by molar-refractivity contribution is 5.94. The summed E-state index contributed by atoms with van der Waals surface area (Å²) in [6.07, 6.45) is 0.518. The van der Waals surface area contributed by atoms with E-state index in [1.54, 1.807) is 4.90 Å². The quantitative estimate of drug-likeness (QED) is 0.467. The molecule has 0 bridgehead atoms. The molecule has 5 rings (SSSR count). The van der Waals surface area contributed by atoms with Crippen LogP contribution in [0.3, 0.4) is 0 Å². The predicted molar refractivity (Wildman–Crippen MR) is 123 cm³/mol. The number of pyridine rings is 1. The van der Waals surface area contributed by atoms with Crippen LogP contribution in [-0.2, 0) is 17.5 Å². The zero-order chi connectivity index (χ0) is 27.1. The normalized spacial score (nSPS) is 18.3. The number of hydrogen-bond acceptors (Lipinski definition) is 7. The first-order valence-corrected chi connectivity index (χ1v) is 11.8. The molecule has 2 fully saturated rings. The standard InChI is InChI=1S/C24H23F4N7O3/c1-38-19-8-14(15(25)11-31-19)16-9-17(34-33-16)22(37)35-7-2-13(10-23(35)3-4-23)21(36)32-12-18-20(24(26,27)28)30-6-5-29-18/h5-6,8-9,11,13H,2-4,7,10,12H2,1H3,(H,32,36)(H,33,34). The molecule has 1 aliphatic heterocycles. The first-order chi connectivity index (χ1) is 18.1. The second kappa shape index (κ2) is 9.65. The minimum atomic E-state index is -4.68. The summed E-state index contributed by atoms with van der Waals surface area (Å²) in [5, 5.41) is 9.30. The number of nitrogens with zero attached hydrogens (tertiary/aromatic N) is 5. The van der Waals surface area contributed by atoms with Gasteiger partial charge in [0.2, 0.25) is 11.8 Å². The molecule has 1 spiro atoms. The average Bonchev–Trinajstić information content (AvgIpc) is 3.48. The molecular weight excluding hydrogens is 510 g/mol. The summed E-state index contributed by atoms with van der Waals surface area (Å²) in [7, 11) is 1.40. The number of methoxy groups -OCH3 is 1. The molecule has 2 amide bonds. The van der Waals surface area contributed by atoms with E-state index in [4.69, 9.17) is 4.74 Å². The molecule has 0 radical (unpaired) electrons. The number of aromatic amines is 1. The first kappa shape index (κ1) is 25.5. The zero-order valence-corrected chi connectivity index (χ0v) is 20.2. The van der Waals surface area contributed by atoms with Crippen LogP contribution in [0.5, 0.6) is 5.88 Å². The largest absolute Gasteiger partial charge is 0.481 e. The minimum Gasteiger partial charge on any atom is -0.481 e. The highest BCUT2D eigenvalue weighted by Gasteiger charge is 2.54. The van der Waals surface area contributed by atoms with Gasteiger partial charge in [-0.1, -0.05) is 0 Å². The van der Waals surface area contributed by atoms with Crippen LogP contribution < -0.4 is 10.1 Å². The molecule has 14 heteroatoms. The van der Waals surface area contributed by atoms with E-state index in [0.717, 1.165) is 18.6 Å². The topological polar surface area (TPSA) is 126 Å². The number of H-pyrrole nitrogens is 1. The van der Waals surface area contributed by atoms with Crippen molar-refractivity contribution in [3.8, 4) is 17.1 Å². The van der Waals surface area contributed by atoms with Crippen LogP contribution in [0, 0.1) is 11.7 Å². The fourth-order valence-corrected chi connectivity index (χ4v) is 4.85. The van der Waals surface area contributed by atoms with Crippen molar-refractivity contribution in [1.29, 1.82) is 0 Å². The lowest BCUT2D eigenvalue weighted by Crippen LogP contribution is -2.50. The third kappa shape index (κ3) is 4.89. The molecule has 4 heterocycles. The number of ether oxygens (including phenoxy) is 1. The number of piperidine rings is 1. The lowest BCUT2D eigenvalue weighted by Gasteiger charge is -2.39. The Morgan fingerprint density at radius 2 is 1.97 bits per heavy atom. The number of likely N-dealkylation sites (tertiary alicyclic amines) is 1. The van der Waals surface area contributed by atoms with Crippen LogP contribution in [0.25, 0.3) is 11.3 Å². The van der Waals surface area contributed by atoms with Crippen molar-refractivity contribution in [2.75, 3.05) is 13.7 Å². The van der Waals surface area contributed by atoms with Crippen LogP contribution >= 0.6 is 0 Å². The van der Waals surface area contributed by atoms with Crippen molar-refractivity contribution in [3.63, 3.8) is 0 Å². The van der Waals surface area contributed by atoms with E-state index in [-0.39, 0.29) is 41.0 Å². The lowest BCUT2D eigenvalue weighted by molar-refractivity contribution is -0.142. The monoisotopic (exact) mass is 533 g/mol. The third-order valence-corrected chi connectivity index (χ3v) is 6.94. The summed E-state index contributed by atoms with van der Waals surface area (Å²) in [5.74, 6) is -1.62. The molecule has 2 aliphatic rings. The van der Waals surface area contributed by atoms with Crippen molar-refractivity contribution in [1.82, 2.24) is 35.4 Å². The number of aromatic nitrogens is 5. The second-order valence-corrected chi connectivity index (χ2v) is 9.31. The molecule has 1 atom stereocenters. The van der Waals surface area contributed by atoms with Crippen molar-refractivity contribution in [2.24, 2.45) is 5.92 Å². The van der Waals surface area contributed by atoms with Gasteiger partial charge in [-0.3, -0.25) is 19.7 Å². The number of halogens is 4. The molecule has 0 aromatic carbocycles. The number of carbonyl (C=O) groups is 2. The van der Waals surface area contributed by atoms with Gasteiger partial charge in [-0.15, -0.1) is 0 Å². The van der Waals surface area contributed by atoms with Gasteiger partial charge in [-0.05, 0) is 31.7 Å². The van der Waals surface area contributed by atoms with Crippen molar-refractivity contribution < 1.29 is 31.9 Å². The summed E-state index contributed by atoms with van der Waals surface area (Å²) in [5.41, 5.74) is -1.48. The van der Waals surface area contributed by atoms with Gasteiger partial charge in [0.05, 0.1) is 31.2 Å². The predicted octanol–water partition coefficient (Wildman–Crippen LogP) is 3.13. The molecule has 3 aromatic heterocycles. The Bertz CT molecular complexity index is 1370. The van der Waals surface area contributed by atoms with Gasteiger partial charge in [0, 0.05) is 42.0 Å². The zero-order valence-electron chi connectivity index (χ0n) is 20.2. The van der Waals surface area contributed by atoms with E-state index in [1.807, 2.05) is 0 Å². The third-order valence-electron chi connectivity index (χ3n) is 6.94. The maximum atomic E-state index is 14.3.